The minimum absolute atomic E-state index is 0.235. The van der Waals surface area contributed by atoms with E-state index in [0.717, 1.165) is 177 Å². The molecule has 0 bridgehead atoms. The maximum Gasteiger partial charge on any atom is 0.129 e. The summed E-state index contributed by atoms with van der Waals surface area (Å²) >= 11 is 5.95. The topological polar surface area (TPSA) is 76.7 Å². The number of nitrogens with one attached hydrogen (secondary N) is 1. The summed E-state index contributed by atoms with van der Waals surface area (Å²) in [6, 6.07) is 109. The first-order valence-corrected chi connectivity index (χ1v) is 38.4. The largest absolute Gasteiger partial charge is 0.356 e. The van der Waals surface area contributed by atoms with Crippen LogP contribution in [0.5, 0.6) is 0 Å². The zero-order valence-corrected chi connectivity index (χ0v) is 62.8. The van der Waals surface area contributed by atoms with E-state index in [4.69, 9.17) is 8.75 Å². The van der Waals surface area contributed by atoms with Gasteiger partial charge in [0.25, 0.3) is 0 Å². The standard InChI is InChI=1S/C48H29F3N4S.C24H13BrFN3S.C24H17F2N/c49-35-14-5-30(6-15-35)32-9-20-38(21-10-32)54(39-22-11-33(12-23-39)31-7-16-36(50)17-8-31)46-28-26-41(47-48(46)53-56-52-47)34-13-27-45-43(29-34)42-3-1-2-4-44(42)55(45)40-24-18-37(51)19-25-40;25-20-11-10-17(23-24(20)28-30-27-23)14-5-12-22-19(13-14)18-3-1-2-4-21(18)29(22)16-8-6-15(26)7-9-16;25-21-9-1-17(2-10-21)19-5-13-23(14-6-19)27-24-15-7-20(8-16-24)18-3-11-22(26)12-4-18/h1-29H;1-13H;1-16,27H. The van der Waals surface area contributed by atoms with Crippen molar-refractivity contribution in [1.29, 1.82) is 0 Å². The van der Waals surface area contributed by atoms with Crippen LogP contribution in [0.25, 0.3) is 144 Å². The Morgan fingerprint density at radius 3 is 0.938 bits per heavy atom. The maximum atomic E-state index is 13.9. The van der Waals surface area contributed by atoms with E-state index in [1.54, 1.807) is 60.7 Å². The molecule has 0 amide bonds. The fourth-order valence-electron chi connectivity index (χ4n) is 14.6. The molecule has 20 rings (SSSR count). The highest BCUT2D eigenvalue weighted by atomic mass is 79.9. The third-order valence-corrected chi connectivity index (χ3v) is 21.9. The number of hydrogen-bond donors (Lipinski definition) is 1. The molecule has 17 heteroatoms. The average molecular weight is 1580 g/mol. The van der Waals surface area contributed by atoms with Crippen LogP contribution in [-0.4, -0.2) is 26.6 Å². The van der Waals surface area contributed by atoms with Crippen LogP contribution in [-0.2, 0) is 0 Å². The molecule has 0 unspecified atom stereocenters. The van der Waals surface area contributed by atoms with Crippen molar-refractivity contribution in [3.05, 3.63) is 391 Å². The van der Waals surface area contributed by atoms with Gasteiger partial charge < -0.3 is 19.4 Å². The first kappa shape index (κ1) is 71.1. The molecule has 0 atom stereocenters. The quantitative estimate of drug-likeness (QED) is 0.116. The van der Waals surface area contributed by atoms with Gasteiger partial charge in [0.05, 0.1) is 51.2 Å². The van der Waals surface area contributed by atoms with E-state index >= 15 is 0 Å². The van der Waals surface area contributed by atoms with Crippen molar-refractivity contribution in [3.8, 4) is 78.1 Å². The van der Waals surface area contributed by atoms with Gasteiger partial charge in [-0.2, -0.15) is 17.5 Å². The van der Waals surface area contributed by atoms with Gasteiger partial charge in [0, 0.05) is 71.3 Å². The molecule has 0 radical (unpaired) electrons. The predicted molar refractivity (Wildman–Crippen MR) is 454 cm³/mol. The van der Waals surface area contributed by atoms with Crippen LogP contribution in [0.3, 0.4) is 0 Å². The minimum Gasteiger partial charge on any atom is -0.356 e. The monoisotopic (exact) mass is 1580 g/mol. The van der Waals surface area contributed by atoms with Gasteiger partial charge in [-0.25, -0.2) is 26.3 Å². The number of hydrogen-bond acceptors (Lipinski definition) is 8. The molecule has 0 aliphatic carbocycles. The molecule has 8 nitrogen and oxygen atoms in total. The average Bonchev–Trinajstić information content (AvgIpc) is 1.59. The number of aromatic nitrogens is 6. The zero-order chi connectivity index (χ0) is 76.6. The Bertz CT molecular complexity index is 6680. The molecule has 1 N–H and O–H groups in total. The van der Waals surface area contributed by atoms with E-state index < -0.39 is 0 Å². The van der Waals surface area contributed by atoms with Gasteiger partial charge in [-0.05, 0) is 272 Å². The van der Waals surface area contributed by atoms with Crippen LogP contribution in [0.4, 0.5) is 54.8 Å². The van der Waals surface area contributed by atoms with Gasteiger partial charge in [0.2, 0.25) is 0 Å². The van der Waals surface area contributed by atoms with Crippen LogP contribution in [0.15, 0.2) is 356 Å². The number of nitrogens with zero attached hydrogens (tertiary/aromatic N) is 7. The van der Waals surface area contributed by atoms with Gasteiger partial charge in [0.1, 0.15) is 57.0 Å². The Morgan fingerprint density at radius 1 is 0.265 bits per heavy atom. The molecular weight excluding hydrogens is 1520 g/mol. The third kappa shape index (κ3) is 14.4. The summed E-state index contributed by atoms with van der Waals surface area (Å²) < 4.78 is 105. The van der Waals surface area contributed by atoms with E-state index in [1.165, 1.54) is 96.3 Å². The lowest BCUT2D eigenvalue weighted by Gasteiger charge is -2.26. The highest BCUT2D eigenvalue weighted by molar-refractivity contribution is 9.10. The Labute approximate surface area is 661 Å². The summed E-state index contributed by atoms with van der Waals surface area (Å²) in [5, 5.41) is 7.83. The second kappa shape index (κ2) is 30.7. The molecule has 16 aromatic carbocycles. The first-order chi connectivity index (χ1) is 55.4. The third-order valence-electron chi connectivity index (χ3n) is 20.2. The van der Waals surface area contributed by atoms with Gasteiger partial charge in [-0.3, -0.25) is 0 Å². The minimum atomic E-state index is -0.276. The SMILES string of the molecule is Fc1ccc(-c2ccc(N(c3ccc(-c4ccc(F)cc4)cc3)c3ccc(-c4ccc5c(c4)c4ccccc4n5-c4ccc(F)cc4)c4nsnc34)cc2)cc1.Fc1ccc(-c2ccc(Nc3ccc(-c4ccc(F)cc4)cc3)cc2)cc1.Fc1ccc(-n2c3ccccc3c3cc(-c4ccc(Br)c5nsnc45)ccc32)cc1. The Balaban J connectivity index is 0.000000131. The normalized spacial score (nSPS) is 11.3. The zero-order valence-electron chi connectivity index (χ0n) is 59.6. The molecule has 0 spiro atoms. The van der Waals surface area contributed by atoms with Gasteiger partial charge in [0.15, 0.2) is 0 Å². The Hall–Kier alpha value is -13.6. The molecule has 113 heavy (non-hydrogen) atoms. The predicted octanol–water partition coefficient (Wildman–Crippen LogP) is 28.1. The molecule has 0 saturated carbocycles. The molecule has 20 aromatic rings. The maximum absolute atomic E-state index is 13.9. The second-order valence-corrected chi connectivity index (χ2v) is 28.9. The number of rotatable bonds is 13. The van der Waals surface area contributed by atoms with Crippen LogP contribution in [0, 0.1) is 34.9 Å². The molecule has 4 aromatic heterocycles. The van der Waals surface area contributed by atoms with Crippen molar-refractivity contribution in [2.75, 3.05) is 10.2 Å². The molecule has 4 heterocycles. The van der Waals surface area contributed by atoms with E-state index in [9.17, 15) is 26.3 Å². The van der Waals surface area contributed by atoms with E-state index in [-0.39, 0.29) is 34.9 Å². The number of para-hydroxylation sites is 2. The van der Waals surface area contributed by atoms with E-state index in [1.807, 2.05) is 115 Å². The number of halogens is 7. The van der Waals surface area contributed by atoms with Crippen molar-refractivity contribution in [2.45, 2.75) is 0 Å². The number of fused-ring (bicyclic) bond motifs is 8. The van der Waals surface area contributed by atoms with Crippen LogP contribution < -0.4 is 10.2 Å². The summed E-state index contributed by atoms with van der Waals surface area (Å²) in [6.07, 6.45) is 0. The van der Waals surface area contributed by atoms with Crippen molar-refractivity contribution < 1.29 is 26.3 Å². The van der Waals surface area contributed by atoms with Crippen molar-refractivity contribution in [2.24, 2.45) is 0 Å². The second-order valence-electron chi connectivity index (χ2n) is 27.0. The molecule has 0 saturated heterocycles. The van der Waals surface area contributed by atoms with Crippen molar-refractivity contribution in [3.63, 3.8) is 0 Å². The highest BCUT2D eigenvalue weighted by Gasteiger charge is 2.23. The van der Waals surface area contributed by atoms with Crippen LogP contribution in [0.2, 0.25) is 0 Å². The molecule has 0 aliphatic heterocycles. The first-order valence-electron chi connectivity index (χ1n) is 36.1. The summed E-state index contributed by atoms with van der Waals surface area (Å²) in [7, 11) is 0. The summed E-state index contributed by atoms with van der Waals surface area (Å²) in [5.74, 6) is -1.54. The molecule has 544 valence electrons. The summed E-state index contributed by atoms with van der Waals surface area (Å²) in [4.78, 5) is 2.16. The molecule has 0 aliphatic rings. The van der Waals surface area contributed by atoms with Crippen LogP contribution >= 0.6 is 39.4 Å². The lowest BCUT2D eigenvalue weighted by molar-refractivity contribution is 0.627. The highest BCUT2D eigenvalue weighted by Crippen LogP contribution is 2.45. The number of anilines is 5. The number of benzene rings is 16. The lowest BCUT2D eigenvalue weighted by Crippen LogP contribution is -2.10. The summed E-state index contributed by atoms with van der Waals surface area (Å²) in [6.45, 7) is 0. The fourth-order valence-corrected chi connectivity index (χ4v) is 16.3. The van der Waals surface area contributed by atoms with Gasteiger partial charge >= 0.3 is 0 Å². The Morgan fingerprint density at radius 2 is 0.558 bits per heavy atom. The van der Waals surface area contributed by atoms with Crippen molar-refractivity contribution in [1.82, 2.24) is 26.6 Å². The molecule has 0 fully saturated rings. The van der Waals surface area contributed by atoms with E-state index in [0.29, 0.717) is 0 Å². The van der Waals surface area contributed by atoms with E-state index in [2.05, 4.69) is 147 Å². The fraction of sp³-hybridized carbons (Fsp3) is 0. The Kier molecular flexibility index (Phi) is 19.3. The van der Waals surface area contributed by atoms with Gasteiger partial charge in [-0.1, -0.05) is 152 Å². The molecular formula is C96H59BrF6N8S2. The summed E-state index contributed by atoms with van der Waals surface area (Å²) in [5.41, 5.74) is 25.9. The van der Waals surface area contributed by atoms with Crippen molar-refractivity contribution >= 4 is 134 Å². The van der Waals surface area contributed by atoms with Crippen LogP contribution in [0.1, 0.15) is 0 Å². The smallest absolute Gasteiger partial charge is 0.129 e. The van der Waals surface area contributed by atoms with Gasteiger partial charge in [-0.15, -0.1) is 0 Å². The lowest BCUT2D eigenvalue weighted by atomic mass is 9.99.